The number of anilines is 1. The number of benzene rings is 1. The molecule has 1 atom stereocenters. The van der Waals surface area contributed by atoms with Crippen molar-refractivity contribution in [2.45, 2.75) is 31.7 Å². The van der Waals surface area contributed by atoms with Crippen LogP contribution >= 0.6 is 12.4 Å². The van der Waals surface area contributed by atoms with Gasteiger partial charge >= 0.3 is 0 Å². The predicted molar refractivity (Wildman–Crippen MR) is 88.5 cm³/mol. The van der Waals surface area contributed by atoms with E-state index < -0.39 is 0 Å². The largest absolute Gasteiger partial charge is 0.339 e. The second-order valence-electron chi connectivity index (χ2n) is 5.72. The lowest BCUT2D eigenvalue weighted by atomic mass is 10.1. The van der Waals surface area contributed by atoms with Crippen molar-refractivity contribution in [1.82, 2.24) is 10.2 Å². The minimum Gasteiger partial charge on any atom is -0.339 e. The summed E-state index contributed by atoms with van der Waals surface area (Å²) in [7, 11) is 0. The molecule has 22 heavy (non-hydrogen) atoms. The molecule has 0 radical (unpaired) electrons. The van der Waals surface area contributed by atoms with E-state index in [-0.39, 0.29) is 30.3 Å². The third-order valence-corrected chi connectivity index (χ3v) is 4.15. The van der Waals surface area contributed by atoms with Gasteiger partial charge in [-0.2, -0.15) is 0 Å². The highest BCUT2D eigenvalue weighted by molar-refractivity contribution is 5.98. The molecule has 2 amide bonds. The summed E-state index contributed by atoms with van der Waals surface area (Å²) in [5.74, 6) is 0.0425. The maximum atomic E-state index is 12.3. The Hall–Kier alpha value is -1.59. The van der Waals surface area contributed by atoms with Crippen molar-refractivity contribution >= 4 is 29.9 Å². The highest BCUT2D eigenvalue weighted by Gasteiger charge is 2.23. The summed E-state index contributed by atoms with van der Waals surface area (Å²) >= 11 is 0. The first-order chi connectivity index (χ1) is 10.2. The van der Waals surface area contributed by atoms with Gasteiger partial charge in [0.05, 0.1) is 6.04 Å². The lowest BCUT2D eigenvalue weighted by molar-refractivity contribution is -0.117. The molecule has 2 N–H and O–H groups in total. The summed E-state index contributed by atoms with van der Waals surface area (Å²) in [6.07, 6.45) is 4.06. The Labute approximate surface area is 136 Å². The van der Waals surface area contributed by atoms with Crippen molar-refractivity contribution in [3.05, 3.63) is 29.8 Å². The molecule has 1 aromatic rings. The van der Waals surface area contributed by atoms with Gasteiger partial charge in [0, 0.05) is 24.3 Å². The van der Waals surface area contributed by atoms with E-state index in [0.717, 1.165) is 45.3 Å². The van der Waals surface area contributed by atoms with Gasteiger partial charge < -0.3 is 15.5 Å². The predicted octanol–water partition coefficient (Wildman–Crippen LogP) is 2.03. The zero-order chi connectivity index (χ0) is 14.7. The van der Waals surface area contributed by atoms with E-state index in [0.29, 0.717) is 11.3 Å². The number of carbonyl (C=O) groups is 2. The fraction of sp³-hybridized carbons (Fsp3) is 0.500. The van der Waals surface area contributed by atoms with E-state index >= 15 is 0 Å². The lowest BCUT2D eigenvalue weighted by Gasteiger charge is -2.16. The molecule has 120 valence electrons. The zero-order valence-electron chi connectivity index (χ0n) is 12.5. The van der Waals surface area contributed by atoms with Gasteiger partial charge in [-0.3, -0.25) is 9.59 Å². The summed E-state index contributed by atoms with van der Waals surface area (Å²) in [5, 5.41) is 6.07. The van der Waals surface area contributed by atoms with E-state index in [1.54, 1.807) is 6.07 Å². The van der Waals surface area contributed by atoms with E-state index in [2.05, 4.69) is 10.6 Å². The first kappa shape index (κ1) is 16.8. The lowest BCUT2D eigenvalue weighted by Crippen LogP contribution is -2.35. The third kappa shape index (κ3) is 3.78. The van der Waals surface area contributed by atoms with Gasteiger partial charge in [-0.25, -0.2) is 0 Å². The van der Waals surface area contributed by atoms with Gasteiger partial charge in [0.15, 0.2) is 0 Å². The molecule has 0 aromatic heterocycles. The fourth-order valence-electron chi connectivity index (χ4n) is 2.97. The number of nitrogens with zero attached hydrogens (tertiary/aromatic N) is 1. The molecule has 0 saturated carbocycles. The average Bonchev–Trinajstić information content (AvgIpc) is 3.20. The third-order valence-electron chi connectivity index (χ3n) is 4.15. The molecule has 0 bridgehead atoms. The molecular formula is C16H22ClN3O2. The SMILES string of the molecule is Cl.O=C(Nc1cccc(C(=O)N2CCCC2)c1)C1CCCN1. The molecule has 2 aliphatic rings. The van der Waals surface area contributed by atoms with Gasteiger partial charge in [0.2, 0.25) is 5.91 Å². The van der Waals surface area contributed by atoms with Crippen LogP contribution in [0.3, 0.4) is 0 Å². The number of hydrogen-bond acceptors (Lipinski definition) is 3. The Morgan fingerprint density at radius 3 is 2.64 bits per heavy atom. The second-order valence-corrected chi connectivity index (χ2v) is 5.72. The molecule has 2 aliphatic heterocycles. The van der Waals surface area contributed by atoms with Crippen LogP contribution in [0.25, 0.3) is 0 Å². The van der Waals surface area contributed by atoms with E-state index in [1.165, 1.54) is 0 Å². The van der Waals surface area contributed by atoms with Crippen molar-refractivity contribution in [1.29, 1.82) is 0 Å². The first-order valence-electron chi connectivity index (χ1n) is 7.67. The van der Waals surface area contributed by atoms with Gasteiger partial charge in [-0.05, 0) is 50.4 Å². The highest BCUT2D eigenvalue weighted by Crippen LogP contribution is 2.17. The zero-order valence-corrected chi connectivity index (χ0v) is 13.3. The van der Waals surface area contributed by atoms with Gasteiger partial charge in [-0.15, -0.1) is 12.4 Å². The smallest absolute Gasteiger partial charge is 0.253 e. The molecule has 2 fully saturated rings. The van der Waals surface area contributed by atoms with Gasteiger partial charge in [0.25, 0.3) is 5.91 Å². The van der Waals surface area contributed by atoms with Crippen LogP contribution in [0.4, 0.5) is 5.69 Å². The summed E-state index contributed by atoms with van der Waals surface area (Å²) in [6.45, 7) is 2.56. The van der Waals surface area contributed by atoms with Crippen LogP contribution in [0.5, 0.6) is 0 Å². The van der Waals surface area contributed by atoms with Crippen LogP contribution in [0.1, 0.15) is 36.0 Å². The monoisotopic (exact) mass is 323 g/mol. The quantitative estimate of drug-likeness (QED) is 0.895. The summed E-state index contributed by atoms with van der Waals surface area (Å²) < 4.78 is 0. The molecule has 2 saturated heterocycles. The molecular weight excluding hydrogens is 302 g/mol. The van der Waals surface area contributed by atoms with Crippen LogP contribution in [-0.4, -0.2) is 42.4 Å². The summed E-state index contributed by atoms with van der Waals surface area (Å²) in [6, 6.07) is 7.12. The molecule has 0 aliphatic carbocycles. The molecule has 6 heteroatoms. The molecule has 1 unspecified atom stereocenters. The highest BCUT2D eigenvalue weighted by atomic mass is 35.5. The molecule has 1 aromatic carbocycles. The van der Waals surface area contributed by atoms with Crippen LogP contribution in [0, 0.1) is 0 Å². The maximum absolute atomic E-state index is 12.3. The van der Waals surface area contributed by atoms with Crippen molar-refractivity contribution in [2.75, 3.05) is 25.0 Å². The Morgan fingerprint density at radius 2 is 1.95 bits per heavy atom. The normalized spacial score (nSPS) is 20.5. The first-order valence-corrected chi connectivity index (χ1v) is 7.67. The Morgan fingerprint density at radius 1 is 1.18 bits per heavy atom. The Kier molecular flexibility index (Phi) is 5.80. The number of nitrogens with one attached hydrogen (secondary N) is 2. The minimum atomic E-state index is -0.108. The Balaban J connectivity index is 0.00000176. The summed E-state index contributed by atoms with van der Waals surface area (Å²) in [4.78, 5) is 26.3. The van der Waals surface area contributed by atoms with Crippen LogP contribution in [0.15, 0.2) is 24.3 Å². The maximum Gasteiger partial charge on any atom is 0.253 e. The topological polar surface area (TPSA) is 61.4 Å². The van der Waals surface area contributed by atoms with Crippen molar-refractivity contribution in [2.24, 2.45) is 0 Å². The molecule has 2 heterocycles. The summed E-state index contributed by atoms with van der Waals surface area (Å²) in [5.41, 5.74) is 1.34. The van der Waals surface area contributed by atoms with Crippen LogP contribution in [0.2, 0.25) is 0 Å². The van der Waals surface area contributed by atoms with Crippen molar-refractivity contribution in [3.8, 4) is 0 Å². The van der Waals surface area contributed by atoms with Gasteiger partial charge in [-0.1, -0.05) is 6.07 Å². The van der Waals surface area contributed by atoms with Crippen LogP contribution < -0.4 is 10.6 Å². The fourth-order valence-corrected chi connectivity index (χ4v) is 2.97. The van der Waals surface area contributed by atoms with Crippen molar-refractivity contribution < 1.29 is 9.59 Å². The number of rotatable bonds is 3. The Bertz CT molecular complexity index is 538. The molecule has 0 spiro atoms. The number of carbonyl (C=O) groups excluding carboxylic acids is 2. The van der Waals surface area contributed by atoms with E-state index in [1.807, 2.05) is 23.1 Å². The minimum absolute atomic E-state index is 0. The number of amides is 2. The van der Waals surface area contributed by atoms with E-state index in [9.17, 15) is 9.59 Å². The molecule has 3 rings (SSSR count). The molecule has 5 nitrogen and oxygen atoms in total. The van der Waals surface area contributed by atoms with Gasteiger partial charge in [0.1, 0.15) is 0 Å². The standard InChI is InChI=1S/C16H21N3O2.ClH/c20-15(14-7-4-8-17-14)18-13-6-3-5-12(11-13)16(21)19-9-1-2-10-19;/h3,5-6,11,14,17H,1-2,4,7-10H2,(H,18,20);1H. The number of halogens is 1. The average molecular weight is 324 g/mol. The second kappa shape index (κ2) is 7.61. The number of likely N-dealkylation sites (tertiary alicyclic amines) is 1. The van der Waals surface area contributed by atoms with Crippen molar-refractivity contribution in [3.63, 3.8) is 0 Å². The van der Waals surface area contributed by atoms with Crippen LogP contribution in [-0.2, 0) is 4.79 Å². The van der Waals surface area contributed by atoms with E-state index in [4.69, 9.17) is 0 Å². The number of hydrogen-bond donors (Lipinski definition) is 2.